The van der Waals surface area contributed by atoms with Crippen LogP contribution in [0.5, 0.6) is 0 Å². The molecule has 0 aliphatic rings. The standard InChI is InChI=1S/C6H14OS2/c1-5(2)6(4-7)9-8-3/h5-7H,4H2,1-3H3. The summed E-state index contributed by atoms with van der Waals surface area (Å²) >= 11 is 0. The van der Waals surface area contributed by atoms with Crippen LogP contribution in [0, 0.1) is 5.92 Å². The maximum absolute atomic E-state index is 8.79. The van der Waals surface area contributed by atoms with Gasteiger partial charge in [-0.3, -0.25) is 0 Å². The number of hydrogen-bond donors (Lipinski definition) is 1. The van der Waals surface area contributed by atoms with Gasteiger partial charge in [0, 0.05) is 5.25 Å². The average Bonchev–Trinajstić information content (AvgIpc) is 1.82. The van der Waals surface area contributed by atoms with Crippen molar-refractivity contribution in [3.63, 3.8) is 0 Å². The molecule has 0 rings (SSSR count). The van der Waals surface area contributed by atoms with E-state index in [9.17, 15) is 0 Å². The molecule has 0 amide bonds. The van der Waals surface area contributed by atoms with Gasteiger partial charge >= 0.3 is 0 Å². The molecule has 56 valence electrons. The predicted octanol–water partition coefficient (Wildman–Crippen LogP) is 2.01. The van der Waals surface area contributed by atoms with E-state index >= 15 is 0 Å². The lowest BCUT2D eigenvalue weighted by atomic mass is 10.1. The Labute approximate surface area is 65.0 Å². The van der Waals surface area contributed by atoms with Gasteiger partial charge in [0.05, 0.1) is 6.61 Å². The van der Waals surface area contributed by atoms with Gasteiger partial charge in [-0.05, 0) is 12.2 Å². The third-order valence-corrected chi connectivity index (χ3v) is 3.60. The highest BCUT2D eigenvalue weighted by atomic mass is 33.1. The SMILES string of the molecule is CSSC(CO)C(C)C. The van der Waals surface area contributed by atoms with Gasteiger partial charge in [0.15, 0.2) is 0 Å². The Morgan fingerprint density at radius 2 is 2.00 bits per heavy atom. The zero-order valence-corrected chi connectivity index (χ0v) is 7.76. The maximum Gasteiger partial charge on any atom is 0.0560 e. The first-order valence-electron chi connectivity index (χ1n) is 3.02. The van der Waals surface area contributed by atoms with Crippen LogP contribution in [0.2, 0.25) is 0 Å². The molecule has 0 aromatic rings. The summed E-state index contributed by atoms with van der Waals surface area (Å²) in [6.45, 7) is 4.55. The molecule has 0 bridgehead atoms. The molecule has 0 fully saturated rings. The molecule has 0 saturated carbocycles. The number of rotatable bonds is 4. The average molecular weight is 166 g/mol. The van der Waals surface area contributed by atoms with Crippen molar-refractivity contribution in [3.8, 4) is 0 Å². The molecule has 0 radical (unpaired) electrons. The van der Waals surface area contributed by atoms with Crippen LogP contribution in [0.4, 0.5) is 0 Å². The van der Waals surface area contributed by atoms with Crippen molar-refractivity contribution < 1.29 is 5.11 Å². The van der Waals surface area contributed by atoms with Gasteiger partial charge in [-0.1, -0.05) is 35.4 Å². The predicted molar refractivity (Wildman–Crippen MR) is 46.8 cm³/mol. The molecule has 0 saturated heterocycles. The zero-order chi connectivity index (χ0) is 7.28. The van der Waals surface area contributed by atoms with Crippen LogP contribution in [-0.2, 0) is 0 Å². The minimum Gasteiger partial charge on any atom is -0.395 e. The second-order valence-electron chi connectivity index (χ2n) is 2.23. The van der Waals surface area contributed by atoms with Crippen molar-refractivity contribution in [1.29, 1.82) is 0 Å². The minimum absolute atomic E-state index is 0.295. The lowest BCUT2D eigenvalue weighted by molar-refractivity contribution is 0.275. The fourth-order valence-electron chi connectivity index (χ4n) is 0.476. The summed E-state index contributed by atoms with van der Waals surface area (Å²) in [6, 6.07) is 0. The Morgan fingerprint density at radius 1 is 1.44 bits per heavy atom. The molecule has 0 heterocycles. The molecule has 1 atom stereocenters. The van der Waals surface area contributed by atoms with Crippen molar-refractivity contribution >= 4 is 21.6 Å². The van der Waals surface area contributed by atoms with E-state index in [4.69, 9.17) is 5.11 Å². The summed E-state index contributed by atoms with van der Waals surface area (Å²) in [4.78, 5) is 0. The summed E-state index contributed by atoms with van der Waals surface area (Å²) in [6.07, 6.45) is 2.04. The van der Waals surface area contributed by atoms with Crippen molar-refractivity contribution in [1.82, 2.24) is 0 Å². The quantitative estimate of drug-likeness (QED) is 0.645. The molecule has 1 unspecified atom stereocenters. The molecule has 0 aromatic carbocycles. The largest absolute Gasteiger partial charge is 0.395 e. The summed E-state index contributed by atoms with van der Waals surface area (Å²) in [7, 11) is 3.47. The smallest absolute Gasteiger partial charge is 0.0560 e. The first-order chi connectivity index (χ1) is 4.22. The van der Waals surface area contributed by atoms with Crippen LogP contribution >= 0.6 is 21.6 Å². The normalized spacial score (nSPS) is 14.3. The number of hydrogen-bond acceptors (Lipinski definition) is 3. The van der Waals surface area contributed by atoms with Gasteiger partial charge in [-0.25, -0.2) is 0 Å². The molecule has 0 aromatic heterocycles. The van der Waals surface area contributed by atoms with Crippen molar-refractivity contribution in [2.75, 3.05) is 12.9 Å². The first kappa shape index (κ1) is 9.66. The zero-order valence-electron chi connectivity index (χ0n) is 6.13. The van der Waals surface area contributed by atoms with E-state index < -0.39 is 0 Å². The van der Waals surface area contributed by atoms with Crippen LogP contribution in [0.25, 0.3) is 0 Å². The highest BCUT2D eigenvalue weighted by Crippen LogP contribution is 2.28. The van der Waals surface area contributed by atoms with Crippen LogP contribution < -0.4 is 0 Å². The van der Waals surface area contributed by atoms with Crippen LogP contribution in [0.15, 0.2) is 0 Å². The molecular weight excluding hydrogens is 152 g/mol. The third kappa shape index (κ3) is 4.12. The topological polar surface area (TPSA) is 20.2 Å². The van der Waals surface area contributed by atoms with Crippen LogP contribution in [0.3, 0.4) is 0 Å². The number of aliphatic hydroxyl groups excluding tert-OH is 1. The number of aliphatic hydroxyl groups is 1. The second kappa shape index (κ2) is 5.45. The van der Waals surface area contributed by atoms with Gasteiger partial charge in [0.25, 0.3) is 0 Å². The van der Waals surface area contributed by atoms with Gasteiger partial charge in [-0.2, -0.15) is 0 Å². The summed E-state index contributed by atoms with van der Waals surface area (Å²) in [5.41, 5.74) is 0. The van der Waals surface area contributed by atoms with Gasteiger partial charge in [0.2, 0.25) is 0 Å². The molecule has 3 heteroatoms. The second-order valence-corrected chi connectivity index (χ2v) is 4.94. The van der Waals surface area contributed by atoms with Gasteiger partial charge in [-0.15, -0.1) is 0 Å². The Bertz CT molecular complexity index is 66.1. The van der Waals surface area contributed by atoms with E-state index in [0.717, 1.165) is 0 Å². The highest BCUT2D eigenvalue weighted by Gasteiger charge is 2.10. The lowest BCUT2D eigenvalue weighted by Crippen LogP contribution is -2.14. The van der Waals surface area contributed by atoms with E-state index in [0.29, 0.717) is 17.8 Å². The Hall–Kier alpha value is 0.660. The molecule has 1 N–H and O–H groups in total. The van der Waals surface area contributed by atoms with Crippen LogP contribution in [0.1, 0.15) is 13.8 Å². The Kier molecular flexibility index (Phi) is 5.84. The molecule has 0 aliphatic carbocycles. The van der Waals surface area contributed by atoms with E-state index in [-0.39, 0.29) is 0 Å². The van der Waals surface area contributed by atoms with E-state index in [2.05, 4.69) is 13.8 Å². The minimum atomic E-state index is 0.295. The van der Waals surface area contributed by atoms with Gasteiger partial charge in [0.1, 0.15) is 0 Å². The highest BCUT2D eigenvalue weighted by molar-refractivity contribution is 8.76. The summed E-state index contributed by atoms with van der Waals surface area (Å²) in [5, 5.41) is 9.20. The monoisotopic (exact) mass is 166 g/mol. The molecule has 9 heavy (non-hydrogen) atoms. The first-order valence-corrected chi connectivity index (χ1v) is 5.64. The fourth-order valence-corrected chi connectivity index (χ4v) is 2.60. The molecule has 1 nitrogen and oxygen atoms in total. The Morgan fingerprint density at radius 3 is 2.11 bits per heavy atom. The van der Waals surface area contributed by atoms with Crippen molar-refractivity contribution in [2.24, 2.45) is 5.92 Å². The molecule has 0 aliphatic heterocycles. The van der Waals surface area contributed by atoms with E-state index in [1.807, 2.05) is 6.26 Å². The molecular formula is C6H14OS2. The molecule has 0 spiro atoms. The maximum atomic E-state index is 8.79. The summed E-state index contributed by atoms with van der Waals surface area (Å²) < 4.78 is 0. The Balaban J connectivity index is 3.41. The lowest BCUT2D eigenvalue weighted by Gasteiger charge is -2.14. The van der Waals surface area contributed by atoms with E-state index in [1.54, 1.807) is 21.6 Å². The van der Waals surface area contributed by atoms with Crippen molar-refractivity contribution in [2.45, 2.75) is 19.1 Å². The van der Waals surface area contributed by atoms with E-state index in [1.165, 1.54) is 0 Å². The van der Waals surface area contributed by atoms with Crippen LogP contribution in [-0.4, -0.2) is 23.2 Å². The van der Waals surface area contributed by atoms with Gasteiger partial charge < -0.3 is 5.11 Å². The third-order valence-electron chi connectivity index (χ3n) is 1.14. The van der Waals surface area contributed by atoms with Crippen molar-refractivity contribution in [3.05, 3.63) is 0 Å². The fraction of sp³-hybridized carbons (Fsp3) is 1.00. The summed E-state index contributed by atoms with van der Waals surface area (Å²) in [5.74, 6) is 0.576.